The molecule has 0 saturated heterocycles. The lowest BCUT2D eigenvalue weighted by Crippen LogP contribution is -2.45. The Morgan fingerprint density at radius 3 is 0.747 bits per heavy atom. The van der Waals surface area contributed by atoms with Gasteiger partial charge in [0.1, 0.15) is 0 Å². The van der Waals surface area contributed by atoms with Crippen LogP contribution in [0, 0.1) is 0 Å². The van der Waals surface area contributed by atoms with E-state index in [0.717, 1.165) is 38.5 Å². The van der Waals surface area contributed by atoms with Crippen LogP contribution in [-0.2, 0) is 14.3 Å². The fourth-order valence-electron chi connectivity index (χ4n) is 14.3. The molecule has 0 saturated carbocycles. The molecule has 0 rings (SSSR count). The van der Waals surface area contributed by atoms with Crippen molar-refractivity contribution >= 4 is 11.9 Å². The molecule has 0 aromatic heterocycles. The molecule has 6 heteroatoms. The molecule has 0 fully saturated rings. The van der Waals surface area contributed by atoms with Crippen molar-refractivity contribution in [2.45, 2.75) is 520 Å². The van der Waals surface area contributed by atoms with Crippen LogP contribution in [0.25, 0.3) is 0 Å². The minimum absolute atomic E-state index is 0.0223. The Kier molecular flexibility index (Phi) is 83.3. The Balaban J connectivity index is 3.32. The second kappa shape index (κ2) is 84.8. The summed E-state index contributed by atoms with van der Waals surface area (Å²) in [7, 11) is 0. The number of ether oxygens (including phenoxy) is 1. The molecule has 0 aromatic rings. The third-order valence-electron chi connectivity index (χ3n) is 21.0. The molecule has 0 heterocycles. The number of nitrogens with one attached hydrogen (secondary N) is 1. The number of carbonyl (C=O) groups excluding carboxylic acids is 2. The molecule has 2 unspecified atom stereocenters. The molecule has 1 amide bonds. The van der Waals surface area contributed by atoms with Crippen LogP contribution in [0.4, 0.5) is 0 Å². The fourth-order valence-corrected chi connectivity index (χ4v) is 14.3. The molecule has 0 aliphatic heterocycles. The maximum absolute atomic E-state index is 12.6. The summed E-state index contributed by atoms with van der Waals surface area (Å²) in [6.07, 6.45) is 110. The second-order valence-electron chi connectivity index (χ2n) is 30.6. The normalized spacial score (nSPS) is 12.5. The van der Waals surface area contributed by atoms with Gasteiger partial charge in [-0.05, 0) is 77.0 Å². The monoisotopic (exact) mass is 1340 g/mol. The summed E-state index contributed by atoms with van der Waals surface area (Å²) in [6, 6.07) is -0.539. The molecule has 95 heavy (non-hydrogen) atoms. The van der Waals surface area contributed by atoms with Gasteiger partial charge in [0.25, 0.3) is 0 Å². The number of unbranched alkanes of at least 4 members (excludes halogenated alkanes) is 69. The lowest BCUT2D eigenvalue weighted by Gasteiger charge is -2.22. The van der Waals surface area contributed by atoms with Crippen molar-refractivity contribution < 1.29 is 24.5 Å². The molecule has 0 radical (unpaired) electrons. The lowest BCUT2D eigenvalue weighted by atomic mass is 10.0. The first-order valence-electron chi connectivity index (χ1n) is 44.1. The molecule has 3 N–H and O–H groups in total. The third-order valence-corrected chi connectivity index (χ3v) is 21.0. The first-order valence-corrected chi connectivity index (χ1v) is 44.1. The van der Waals surface area contributed by atoms with Gasteiger partial charge < -0.3 is 20.3 Å². The molecule has 564 valence electrons. The van der Waals surface area contributed by atoms with Gasteiger partial charge in [0.05, 0.1) is 25.4 Å². The number of hydrogen-bond acceptors (Lipinski definition) is 5. The van der Waals surface area contributed by atoms with Gasteiger partial charge in [0.15, 0.2) is 0 Å². The topological polar surface area (TPSA) is 95.9 Å². The molecule has 0 spiro atoms. The number of allylic oxidation sites excluding steroid dienone is 4. The van der Waals surface area contributed by atoms with Crippen molar-refractivity contribution in [1.29, 1.82) is 0 Å². The molecule has 0 aliphatic carbocycles. The molecular formula is C89H173NO5. The Hall–Kier alpha value is -1.66. The average molecular weight is 1340 g/mol. The van der Waals surface area contributed by atoms with Crippen LogP contribution in [0.2, 0.25) is 0 Å². The van der Waals surface area contributed by atoms with Crippen LogP contribution in [0.1, 0.15) is 508 Å². The number of carbonyl (C=O) groups is 2. The van der Waals surface area contributed by atoms with Gasteiger partial charge in [0, 0.05) is 12.8 Å². The van der Waals surface area contributed by atoms with Crippen LogP contribution in [0.5, 0.6) is 0 Å². The highest BCUT2D eigenvalue weighted by molar-refractivity contribution is 5.76. The minimum atomic E-state index is -0.663. The van der Waals surface area contributed by atoms with E-state index >= 15 is 0 Å². The number of amides is 1. The molecular weight excluding hydrogens is 1160 g/mol. The van der Waals surface area contributed by atoms with Crippen molar-refractivity contribution in [1.82, 2.24) is 5.32 Å². The van der Waals surface area contributed by atoms with Crippen molar-refractivity contribution in [2.24, 2.45) is 0 Å². The standard InChI is InChI=1S/C89H173NO5/c1-3-5-7-9-11-13-15-17-19-21-23-24-42-46-49-53-57-61-65-69-73-77-81-87(92)86(85-91)90-88(93)82-78-74-70-66-62-58-54-50-47-43-40-38-36-34-32-30-28-26-25-27-29-31-33-35-37-39-41-44-48-52-56-60-64-68-72-76-80-84-95-89(94)83-79-75-71-67-63-59-55-51-45-22-20-18-16-14-12-10-8-6-4-2/h18,20,25,27,86-87,91-92H,3-17,19,21-24,26,28-85H2,1-2H3,(H,90,93)/b20-18-,27-25-. The first kappa shape index (κ1) is 93.3. The van der Waals surface area contributed by atoms with Gasteiger partial charge >= 0.3 is 5.97 Å². The van der Waals surface area contributed by atoms with Gasteiger partial charge in [-0.15, -0.1) is 0 Å². The highest BCUT2D eigenvalue weighted by Crippen LogP contribution is 2.21. The van der Waals surface area contributed by atoms with Crippen LogP contribution >= 0.6 is 0 Å². The van der Waals surface area contributed by atoms with Gasteiger partial charge in [-0.3, -0.25) is 9.59 Å². The molecule has 0 aromatic carbocycles. The summed E-state index contributed by atoms with van der Waals surface area (Å²) < 4.78 is 5.52. The first-order chi connectivity index (χ1) is 47.0. The van der Waals surface area contributed by atoms with Crippen LogP contribution in [-0.4, -0.2) is 47.4 Å². The lowest BCUT2D eigenvalue weighted by molar-refractivity contribution is -0.143. The maximum atomic E-state index is 12.6. The van der Waals surface area contributed by atoms with E-state index in [1.165, 1.54) is 437 Å². The van der Waals surface area contributed by atoms with E-state index in [4.69, 9.17) is 4.74 Å². The van der Waals surface area contributed by atoms with E-state index in [0.29, 0.717) is 25.9 Å². The summed E-state index contributed by atoms with van der Waals surface area (Å²) >= 11 is 0. The predicted octanol–water partition coefficient (Wildman–Crippen LogP) is 29.6. The second-order valence-corrected chi connectivity index (χ2v) is 30.6. The van der Waals surface area contributed by atoms with Gasteiger partial charge in [-0.25, -0.2) is 0 Å². The van der Waals surface area contributed by atoms with Crippen LogP contribution in [0.3, 0.4) is 0 Å². The van der Waals surface area contributed by atoms with Crippen molar-refractivity contribution in [3.05, 3.63) is 24.3 Å². The van der Waals surface area contributed by atoms with E-state index in [1.807, 2.05) is 0 Å². The number of aliphatic hydroxyl groups is 2. The number of hydrogen-bond donors (Lipinski definition) is 3. The minimum Gasteiger partial charge on any atom is -0.466 e. The summed E-state index contributed by atoms with van der Waals surface area (Å²) in [5, 5.41) is 23.5. The zero-order valence-corrected chi connectivity index (χ0v) is 64.9. The largest absolute Gasteiger partial charge is 0.466 e. The summed E-state index contributed by atoms with van der Waals surface area (Å²) in [5.41, 5.74) is 0. The van der Waals surface area contributed by atoms with Gasteiger partial charge in [-0.1, -0.05) is 443 Å². The van der Waals surface area contributed by atoms with Crippen LogP contribution in [0.15, 0.2) is 24.3 Å². The fraction of sp³-hybridized carbons (Fsp3) is 0.933. The SMILES string of the molecule is CCCCCCCC/C=C\CCCCCCCCCCCC(=O)OCCCCCCCCCCCCCCCCCC/C=C\CCCCCCCCCCCCCCCCCCCC(=O)NC(CO)C(O)CCCCCCCCCCCCCCCCCCCCCCCC. The van der Waals surface area contributed by atoms with E-state index in [1.54, 1.807) is 0 Å². The van der Waals surface area contributed by atoms with E-state index in [9.17, 15) is 19.8 Å². The predicted molar refractivity (Wildman–Crippen MR) is 421 cm³/mol. The van der Waals surface area contributed by atoms with E-state index in [-0.39, 0.29) is 18.5 Å². The number of aliphatic hydroxyl groups excluding tert-OH is 2. The summed E-state index contributed by atoms with van der Waals surface area (Å²) in [4.78, 5) is 24.7. The quantitative estimate of drug-likeness (QED) is 0.0320. The van der Waals surface area contributed by atoms with Crippen molar-refractivity contribution in [3.8, 4) is 0 Å². The van der Waals surface area contributed by atoms with Crippen LogP contribution < -0.4 is 5.32 Å². The Morgan fingerprint density at radius 1 is 0.284 bits per heavy atom. The number of rotatable bonds is 84. The smallest absolute Gasteiger partial charge is 0.305 e. The molecule has 0 bridgehead atoms. The highest BCUT2D eigenvalue weighted by atomic mass is 16.5. The molecule has 2 atom stereocenters. The Labute approximate surface area is 596 Å². The molecule has 6 nitrogen and oxygen atoms in total. The number of esters is 1. The van der Waals surface area contributed by atoms with Gasteiger partial charge in [0.2, 0.25) is 5.91 Å². The summed E-state index contributed by atoms with van der Waals surface area (Å²) in [6.45, 7) is 5.01. The van der Waals surface area contributed by atoms with E-state index < -0.39 is 12.1 Å². The zero-order chi connectivity index (χ0) is 68.4. The Bertz CT molecular complexity index is 1500. The Morgan fingerprint density at radius 2 is 0.495 bits per heavy atom. The van der Waals surface area contributed by atoms with Crippen molar-refractivity contribution in [3.63, 3.8) is 0 Å². The van der Waals surface area contributed by atoms with E-state index in [2.05, 4.69) is 43.5 Å². The third kappa shape index (κ3) is 81.2. The van der Waals surface area contributed by atoms with Crippen molar-refractivity contribution in [2.75, 3.05) is 13.2 Å². The maximum Gasteiger partial charge on any atom is 0.305 e. The van der Waals surface area contributed by atoms with Gasteiger partial charge in [-0.2, -0.15) is 0 Å². The zero-order valence-electron chi connectivity index (χ0n) is 64.9. The highest BCUT2D eigenvalue weighted by Gasteiger charge is 2.20. The molecule has 0 aliphatic rings. The summed E-state index contributed by atoms with van der Waals surface area (Å²) in [5.74, 6) is -0.00258. The average Bonchev–Trinajstić information content (AvgIpc) is 3.35.